The van der Waals surface area contributed by atoms with Crippen molar-refractivity contribution in [2.45, 2.75) is 25.8 Å². The fourth-order valence-corrected chi connectivity index (χ4v) is 3.55. The average Bonchev–Trinajstić information content (AvgIpc) is 2.91. The van der Waals surface area contributed by atoms with Crippen LogP contribution in [0.4, 0.5) is 13.2 Å². The van der Waals surface area contributed by atoms with Gasteiger partial charge in [0.15, 0.2) is 6.29 Å². The van der Waals surface area contributed by atoms with Gasteiger partial charge in [-0.3, -0.25) is 9.36 Å². The van der Waals surface area contributed by atoms with Crippen LogP contribution in [0.3, 0.4) is 0 Å². The van der Waals surface area contributed by atoms with Crippen molar-refractivity contribution >= 4 is 28.4 Å². The Balaban J connectivity index is 2.39. The number of hydrogen-bond donors (Lipinski definition) is 2. The number of alkyl halides is 3. The van der Waals surface area contributed by atoms with Crippen LogP contribution in [0.1, 0.15) is 27.2 Å². The van der Waals surface area contributed by atoms with Crippen molar-refractivity contribution in [2.24, 2.45) is 0 Å². The number of methoxy groups -OCH3 is 1. The first kappa shape index (κ1) is 21.2. The van der Waals surface area contributed by atoms with Gasteiger partial charge in [0.25, 0.3) is 5.91 Å². The highest BCUT2D eigenvalue weighted by Gasteiger charge is 2.39. The van der Waals surface area contributed by atoms with Gasteiger partial charge in [0.05, 0.1) is 12.6 Å². The fourth-order valence-electron chi connectivity index (χ4n) is 3.43. The smallest absolute Gasteiger partial charge is 0.420 e. The normalized spacial score (nSPS) is 12.0. The van der Waals surface area contributed by atoms with E-state index < -0.39 is 36.1 Å². The van der Waals surface area contributed by atoms with Crippen LogP contribution in [0, 0.1) is 6.92 Å². The minimum Gasteiger partial charge on any atom is -0.496 e. The summed E-state index contributed by atoms with van der Waals surface area (Å²) >= 11 is 5.84. The number of halogens is 4. The molecule has 2 aromatic carbocycles. The minimum atomic E-state index is -4.79. The van der Waals surface area contributed by atoms with Gasteiger partial charge in [-0.05, 0) is 48.9 Å². The number of aliphatic hydroxyl groups is 2. The average molecular weight is 428 g/mol. The first-order chi connectivity index (χ1) is 13.6. The van der Waals surface area contributed by atoms with Gasteiger partial charge < -0.3 is 14.9 Å². The van der Waals surface area contributed by atoms with E-state index in [1.165, 1.54) is 37.3 Å². The molecule has 0 fully saturated rings. The number of benzene rings is 2. The van der Waals surface area contributed by atoms with Crippen molar-refractivity contribution in [1.29, 1.82) is 0 Å². The van der Waals surface area contributed by atoms with E-state index in [-0.39, 0.29) is 27.7 Å². The van der Waals surface area contributed by atoms with Crippen molar-refractivity contribution in [1.82, 2.24) is 4.57 Å². The van der Waals surface area contributed by atoms with Crippen molar-refractivity contribution in [3.8, 4) is 5.75 Å². The lowest BCUT2D eigenvalue weighted by molar-refractivity contribution is -0.137. The molecule has 0 amide bonds. The molecule has 5 nitrogen and oxygen atoms in total. The van der Waals surface area contributed by atoms with Gasteiger partial charge in [0.1, 0.15) is 11.3 Å². The maximum absolute atomic E-state index is 13.9. The molecule has 29 heavy (non-hydrogen) atoms. The molecule has 0 unspecified atom stereocenters. The van der Waals surface area contributed by atoms with E-state index in [1.807, 2.05) is 0 Å². The van der Waals surface area contributed by atoms with Gasteiger partial charge in [-0.2, -0.15) is 13.2 Å². The zero-order valence-corrected chi connectivity index (χ0v) is 16.2. The number of ether oxygens (including phenoxy) is 1. The first-order valence-electron chi connectivity index (χ1n) is 8.50. The molecule has 9 heteroatoms. The number of fused-ring (bicyclic) bond motifs is 1. The number of carbonyl (C=O) groups excluding carboxylic acids is 1. The summed E-state index contributed by atoms with van der Waals surface area (Å²) in [5.74, 6) is -0.990. The van der Waals surface area contributed by atoms with Crippen molar-refractivity contribution in [2.75, 3.05) is 7.11 Å². The molecule has 0 spiro atoms. The second kappa shape index (κ2) is 7.70. The van der Waals surface area contributed by atoms with E-state index in [1.54, 1.807) is 0 Å². The highest BCUT2D eigenvalue weighted by Crippen LogP contribution is 2.44. The van der Waals surface area contributed by atoms with Crippen molar-refractivity contribution in [3.05, 3.63) is 63.8 Å². The Morgan fingerprint density at radius 1 is 1.17 bits per heavy atom. The molecule has 3 rings (SSSR count). The predicted octanol–water partition coefficient (Wildman–Crippen LogP) is 4.17. The molecule has 2 N–H and O–H groups in total. The second-order valence-corrected chi connectivity index (χ2v) is 6.87. The summed E-state index contributed by atoms with van der Waals surface area (Å²) in [7, 11) is 1.11. The SMILES string of the molecule is COc1ccc2c(c(CC(O)O)c(C)n2C(=O)c2ccc(Cl)cc2)c1C(F)(F)F. The lowest BCUT2D eigenvalue weighted by atomic mass is 10.0. The van der Waals surface area contributed by atoms with Gasteiger partial charge in [0, 0.05) is 28.1 Å². The zero-order valence-electron chi connectivity index (χ0n) is 15.4. The van der Waals surface area contributed by atoms with Crippen LogP contribution in [-0.2, 0) is 12.6 Å². The largest absolute Gasteiger partial charge is 0.496 e. The van der Waals surface area contributed by atoms with E-state index in [0.717, 1.165) is 17.7 Å². The van der Waals surface area contributed by atoms with Crippen molar-refractivity contribution < 1.29 is 32.9 Å². The fraction of sp³-hybridized carbons (Fsp3) is 0.250. The van der Waals surface area contributed by atoms with Crippen LogP contribution < -0.4 is 4.74 Å². The first-order valence-corrected chi connectivity index (χ1v) is 8.88. The second-order valence-electron chi connectivity index (χ2n) is 6.43. The summed E-state index contributed by atoms with van der Waals surface area (Å²) in [6.45, 7) is 1.46. The van der Waals surface area contributed by atoms with Crippen LogP contribution in [0.15, 0.2) is 36.4 Å². The van der Waals surface area contributed by atoms with Crippen LogP contribution in [0.2, 0.25) is 5.02 Å². The maximum Gasteiger partial charge on any atom is 0.420 e. The van der Waals surface area contributed by atoms with Crippen LogP contribution >= 0.6 is 11.6 Å². The molecule has 0 saturated carbocycles. The summed E-state index contributed by atoms with van der Waals surface area (Å²) in [6.07, 6.45) is -7.17. The molecule has 0 saturated heterocycles. The lowest BCUT2D eigenvalue weighted by Crippen LogP contribution is -2.15. The Kier molecular flexibility index (Phi) is 5.62. The topological polar surface area (TPSA) is 71.7 Å². The molecule has 0 aliphatic carbocycles. The van der Waals surface area contributed by atoms with E-state index >= 15 is 0 Å². The van der Waals surface area contributed by atoms with Crippen LogP contribution in [0.5, 0.6) is 5.75 Å². The molecule has 154 valence electrons. The zero-order chi connectivity index (χ0) is 21.5. The Morgan fingerprint density at radius 2 is 1.79 bits per heavy atom. The van der Waals surface area contributed by atoms with Crippen LogP contribution in [0.25, 0.3) is 10.9 Å². The molecular weight excluding hydrogens is 411 g/mol. The molecular formula is C20H17ClF3NO4. The van der Waals surface area contributed by atoms with Gasteiger partial charge in [0.2, 0.25) is 0 Å². The summed E-state index contributed by atoms with van der Waals surface area (Å²) in [5.41, 5.74) is -0.685. The van der Waals surface area contributed by atoms with Crippen LogP contribution in [-0.4, -0.2) is 34.1 Å². The number of hydrogen-bond acceptors (Lipinski definition) is 4. The Labute approximate surface area is 168 Å². The van der Waals surface area contributed by atoms with E-state index in [2.05, 4.69) is 0 Å². The molecule has 1 heterocycles. The third-order valence-electron chi connectivity index (χ3n) is 4.64. The molecule has 0 aliphatic rings. The monoisotopic (exact) mass is 427 g/mol. The Bertz CT molecular complexity index is 1070. The van der Waals surface area contributed by atoms with Gasteiger partial charge in [-0.25, -0.2) is 0 Å². The standard InChI is InChI=1S/C20H17ClF3NO4/c1-10-13(9-16(26)27)17-14(7-8-15(29-2)18(17)20(22,23)24)25(10)19(28)11-3-5-12(21)6-4-11/h3-8,16,26-27H,9H2,1-2H3. The highest BCUT2D eigenvalue weighted by atomic mass is 35.5. The van der Waals surface area contributed by atoms with E-state index in [4.69, 9.17) is 16.3 Å². The number of rotatable bonds is 4. The molecule has 0 aliphatic heterocycles. The summed E-state index contributed by atoms with van der Waals surface area (Å²) in [5, 5.41) is 19.0. The number of nitrogens with zero attached hydrogens (tertiary/aromatic N) is 1. The molecule has 0 atom stereocenters. The number of aromatic nitrogens is 1. The van der Waals surface area contributed by atoms with E-state index in [0.29, 0.717) is 5.02 Å². The summed E-state index contributed by atoms with van der Waals surface area (Å²) < 4.78 is 47.7. The number of aliphatic hydroxyl groups excluding tert-OH is 1. The maximum atomic E-state index is 13.9. The molecule has 3 aromatic rings. The molecule has 0 radical (unpaired) electrons. The third kappa shape index (κ3) is 3.83. The molecule has 1 aromatic heterocycles. The third-order valence-corrected chi connectivity index (χ3v) is 4.90. The Morgan fingerprint density at radius 3 is 2.31 bits per heavy atom. The lowest BCUT2D eigenvalue weighted by Gasteiger charge is -2.15. The minimum absolute atomic E-state index is 0.00328. The summed E-state index contributed by atoms with van der Waals surface area (Å²) in [6, 6.07) is 8.40. The van der Waals surface area contributed by atoms with Gasteiger partial charge >= 0.3 is 6.18 Å². The van der Waals surface area contributed by atoms with Gasteiger partial charge in [-0.1, -0.05) is 11.6 Å². The quantitative estimate of drug-likeness (QED) is 0.613. The van der Waals surface area contributed by atoms with Crippen molar-refractivity contribution in [3.63, 3.8) is 0 Å². The van der Waals surface area contributed by atoms with E-state index in [9.17, 15) is 28.2 Å². The highest BCUT2D eigenvalue weighted by molar-refractivity contribution is 6.30. The van der Waals surface area contributed by atoms with Gasteiger partial charge in [-0.15, -0.1) is 0 Å². The number of carbonyl (C=O) groups is 1. The molecule has 0 bridgehead atoms. The summed E-state index contributed by atoms with van der Waals surface area (Å²) in [4.78, 5) is 13.1. The Hall–Kier alpha value is -2.55. The predicted molar refractivity (Wildman–Crippen MR) is 101 cm³/mol.